The van der Waals surface area contributed by atoms with E-state index in [4.69, 9.17) is 4.98 Å². The summed E-state index contributed by atoms with van der Waals surface area (Å²) in [6, 6.07) is 0.816. The van der Waals surface area contributed by atoms with E-state index in [-0.39, 0.29) is 0 Å². The van der Waals surface area contributed by atoms with E-state index in [1.807, 2.05) is 11.3 Å². The molecule has 0 atom stereocenters. The average molecular weight is 248 g/mol. The van der Waals surface area contributed by atoms with Crippen molar-refractivity contribution in [2.45, 2.75) is 69.4 Å². The second kappa shape index (κ2) is 4.06. The molecule has 0 radical (unpaired) electrons. The Kier molecular flexibility index (Phi) is 2.51. The third kappa shape index (κ3) is 2.15. The van der Waals surface area contributed by atoms with Crippen LogP contribution in [0.5, 0.6) is 0 Å². The zero-order valence-corrected chi connectivity index (χ0v) is 11.1. The molecule has 3 saturated carbocycles. The van der Waals surface area contributed by atoms with Gasteiger partial charge in [0.2, 0.25) is 0 Å². The van der Waals surface area contributed by atoms with Crippen molar-refractivity contribution in [3.05, 3.63) is 15.6 Å². The van der Waals surface area contributed by atoms with Gasteiger partial charge in [-0.1, -0.05) is 6.42 Å². The monoisotopic (exact) mass is 248 g/mol. The van der Waals surface area contributed by atoms with Crippen molar-refractivity contribution >= 4 is 11.3 Å². The molecule has 0 amide bonds. The third-order valence-electron chi connectivity index (χ3n) is 4.29. The number of aromatic nitrogens is 1. The zero-order valence-electron chi connectivity index (χ0n) is 10.2. The average Bonchev–Trinajstić information content (AvgIpc) is 3.14. The minimum Gasteiger partial charge on any atom is -0.309 e. The Morgan fingerprint density at radius 1 is 1.06 bits per heavy atom. The van der Waals surface area contributed by atoms with Crippen LogP contribution in [0.3, 0.4) is 0 Å². The smallest absolute Gasteiger partial charge is 0.0962 e. The quantitative estimate of drug-likeness (QED) is 0.862. The van der Waals surface area contributed by atoms with Gasteiger partial charge in [0.1, 0.15) is 0 Å². The molecule has 4 rings (SSSR count). The van der Waals surface area contributed by atoms with Crippen LogP contribution in [0.15, 0.2) is 0 Å². The van der Waals surface area contributed by atoms with Crippen LogP contribution < -0.4 is 5.32 Å². The maximum Gasteiger partial charge on any atom is 0.0962 e. The standard InChI is InChI=1S/C14H20N2S/c1-2-10(3-1)14-16-13(9-4-5-9)12(17-14)8-15-11-6-7-11/h9-11,15H,1-8H2. The Balaban J connectivity index is 1.53. The van der Waals surface area contributed by atoms with Crippen molar-refractivity contribution in [1.82, 2.24) is 10.3 Å². The molecule has 0 spiro atoms. The summed E-state index contributed by atoms with van der Waals surface area (Å²) in [5, 5.41) is 5.10. The molecule has 3 aliphatic rings. The molecule has 92 valence electrons. The first-order valence-electron chi connectivity index (χ1n) is 7.13. The fraction of sp³-hybridized carbons (Fsp3) is 0.786. The number of nitrogens with zero attached hydrogens (tertiary/aromatic N) is 1. The lowest BCUT2D eigenvalue weighted by molar-refractivity contribution is 0.417. The highest BCUT2D eigenvalue weighted by atomic mass is 32.1. The van der Waals surface area contributed by atoms with Crippen LogP contribution in [0.2, 0.25) is 0 Å². The van der Waals surface area contributed by atoms with Gasteiger partial charge in [-0.15, -0.1) is 11.3 Å². The summed E-state index contributed by atoms with van der Waals surface area (Å²) in [4.78, 5) is 6.53. The number of thiazole rings is 1. The van der Waals surface area contributed by atoms with E-state index in [1.165, 1.54) is 55.6 Å². The van der Waals surface area contributed by atoms with Crippen molar-refractivity contribution in [1.29, 1.82) is 0 Å². The maximum absolute atomic E-state index is 4.97. The topological polar surface area (TPSA) is 24.9 Å². The Bertz CT molecular complexity index is 414. The van der Waals surface area contributed by atoms with Gasteiger partial charge in [0.05, 0.1) is 10.7 Å². The van der Waals surface area contributed by atoms with Gasteiger partial charge in [-0.05, 0) is 38.5 Å². The summed E-state index contributed by atoms with van der Waals surface area (Å²) in [6.07, 6.45) is 9.70. The molecule has 3 fully saturated rings. The van der Waals surface area contributed by atoms with Crippen molar-refractivity contribution in [2.24, 2.45) is 0 Å². The van der Waals surface area contributed by atoms with E-state index < -0.39 is 0 Å². The van der Waals surface area contributed by atoms with Crippen LogP contribution in [0, 0.1) is 0 Å². The van der Waals surface area contributed by atoms with E-state index >= 15 is 0 Å². The van der Waals surface area contributed by atoms with Crippen molar-refractivity contribution < 1.29 is 0 Å². The van der Waals surface area contributed by atoms with E-state index in [1.54, 1.807) is 4.88 Å². The van der Waals surface area contributed by atoms with Gasteiger partial charge in [-0.25, -0.2) is 4.98 Å². The van der Waals surface area contributed by atoms with E-state index in [2.05, 4.69) is 5.32 Å². The first kappa shape index (κ1) is 10.5. The number of hydrogen-bond acceptors (Lipinski definition) is 3. The molecule has 17 heavy (non-hydrogen) atoms. The first-order chi connectivity index (χ1) is 8.40. The molecular formula is C14H20N2S. The summed E-state index contributed by atoms with van der Waals surface area (Å²) in [5.41, 5.74) is 1.46. The van der Waals surface area contributed by atoms with Crippen molar-refractivity contribution in [3.63, 3.8) is 0 Å². The Morgan fingerprint density at radius 3 is 2.47 bits per heavy atom. The minimum absolute atomic E-state index is 0.812. The van der Waals surface area contributed by atoms with Crippen LogP contribution >= 0.6 is 11.3 Å². The van der Waals surface area contributed by atoms with Crippen LogP contribution in [0.1, 0.15) is 72.4 Å². The molecular weight excluding hydrogens is 228 g/mol. The molecule has 0 saturated heterocycles. The van der Waals surface area contributed by atoms with Gasteiger partial charge >= 0.3 is 0 Å². The van der Waals surface area contributed by atoms with E-state index in [9.17, 15) is 0 Å². The van der Waals surface area contributed by atoms with Gasteiger partial charge in [-0.2, -0.15) is 0 Å². The third-order valence-corrected chi connectivity index (χ3v) is 5.52. The van der Waals surface area contributed by atoms with Gasteiger partial charge in [0, 0.05) is 29.3 Å². The minimum atomic E-state index is 0.812. The number of rotatable bonds is 5. The van der Waals surface area contributed by atoms with Crippen molar-refractivity contribution in [2.75, 3.05) is 0 Å². The highest BCUT2D eigenvalue weighted by Gasteiger charge is 2.32. The fourth-order valence-electron chi connectivity index (χ4n) is 2.54. The predicted octanol–water partition coefficient (Wildman–Crippen LogP) is 3.54. The van der Waals surface area contributed by atoms with Gasteiger partial charge in [0.25, 0.3) is 0 Å². The summed E-state index contributed by atoms with van der Waals surface area (Å²) >= 11 is 2.01. The molecule has 0 bridgehead atoms. The van der Waals surface area contributed by atoms with Crippen LogP contribution in [-0.2, 0) is 6.54 Å². The molecule has 1 aromatic heterocycles. The number of hydrogen-bond donors (Lipinski definition) is 1. The summed E-state index contributed by atoms with van der Waals surface area (Å²) < 4.78 is 0. The Hall–Kier alpha value is -0.410. The molecule has 3 heteroatoms. The Morgan fingerprint density at radius 2 is 1.88 bits per heavy atom. The van der Waals surface area contributed by atoms with Gasteiger partial charge in [-0.3, -0.25) is 0 Å². The fourth-order valence-corrected chi connectivity index (χ4v) is 3.81. The number of nitrogens with one attached hydrogen (secondary N) is 1. The molecule has 1 aromatic rings. The molecule has 0 unspecified atom stereocenters. The lowest BCUT2D eigenvalue weighted by Gasteiger charge is -2.22. The molecule has 1 N–H and O–H groups in total. The molecule has 0 aliphatic heterocycles. The predicted molar refractivity (Wildman–Crippen MR) is 70.5 cm³/mol. The summed E-state index contributed by atoms with van der Waals surface area (Å²) in [6.45, 7) is 1.08. The summed E-state index contributed by atoms with van der Waals surface area (Å²) in [7, 11) is 0. The SMILES string of the molecule is C1CC(c2nc(C3CC3)c(CNC3CC3)s2)C1. The zero-order chi connectivity index (χ0) is 11.2. The second-order valence-corrected chi connectivity index (χ2v) is 7.03. The normalized spacial score (nSPS) is 24.9. The second-order valence-electron chi connectivity index (χ2n) is 5.92. The van der Waals surface area contributed by atoms with Crippen LogP contribution in [-0.4, -0.2) is 11.0 Å². The van der Waals surface area contributed by atoms with E-state index in [0.717, 1.165) is 24.4 Å². The molecule has 0 aromatic carbocycles. The molecule has 3 aliphatic carbocycles. The lowest BCUT2D eigenvalue weighted by atomic mass is 9.86. The highest BCUT2D eigenvalue weighted by molar-refractivity contribution is 7.11. The first-order valence-corrected chi connectivity index (χ1v) is 7.94. The van der Waals surface area contributed by atoms with Gasteiger partial charge < -0.3 is 5.32 Å². The maximum atomic E-state index is 4.97. The Labute approximate surface area is 107 Å². The molecule has 2 nitrogen and oxygen atoms in total. The van der Waals surface area contributed by atoms with E-state index in [0.29, 0.717) is 0 Å². The molecule has 1 heterocycles. The van der Waals surface area contributed by atoms with Crippen LogP contribution in [0.4, 0.5) is 0 Å². The van der Waals surface area contributed by atoms with Crippen LogP contribution in [0.25, 0.3) is 0 Å². The van der Waals surface area contributed by atoms with Gasteiger partial charge in [0.15, 0.2) is 0 Å². The lowest BCUT2D eigenvalue weighted by Crippen LogP contribution is -2.15. The van der Waals surface area contributed by atoms with Crippen molar-refractivity contribution in [3.8, 4) is 0 Å². The highest BCUT2D eigenvalue weighted by Crippen LogP contribution is 2.46. The summed E-state index contributed by atoms with van der Waals surface area (Å²) in [5.74, 6) is 1.63. The largest absolute Gasteiger partial charge is 0.309 e.